The molecule has 1 amide bonds. The van der Waals surface area contributed by atoms with Crippen molar-refractivity contribution < 1.29 is 4.79 Å². The van der Waals surface area contributed by atoms with Gasteiger partial charge in [0.2, 0.25) is 5.91 Å². The van der Waals surface area contributed by atoms with Gasteiger partial charge in [0.05, 0.1) is 0 Å². The van der Waals surface area contributed by atoms with E-state index in [-0.39, 0.29) is 17.4 Å². The van der Waals surface area contributed by atoms with Crippen LogP contribution in [0.15, 0.2) is 16.8 Å². The van der Waals surface area contributed by atoms with Crippen LogP contribution >= 0.6 is 11.3 Å². The molecule has 1 aliphatic rings. The van der Waals surface area contributed by atoms with Crippen molar-refractivity contribution in [1.29, 1.82) is 0 Å². The summed E-state index contributed by atoms with van der Waals surface area (Å²) >= 11 is 1.73. The van der Waals surface area contributed by atoms with Crippen molar-refractivity contribution in [3.05, 3.63) is 16.8 Å². The molecule has 1 aromatic rings. The average Bonchev–Trinajstić information content (AvgIpc) is 2.91. The van der Waals surface area contributed by atoms with Crippen LogP contribution in [-0.2, 0) is 4.79 Å². The van der Waals surface area contributed by atoms with E-state index in [1.165, 1.54) is 5.69 Å². The van der Waals surface area contributed by atoms with E-state index in [9.17, 15) is 4.79 Å². The SMILES string of the molecule is CC(C)C1CC(NC(=O)C(C)(C)C)CN(c2ccsc2)C1. The molecule has 118 valence electrons. The number of hydrogen-bond acceptors (Lipinski definition) is 3. The molecule has 1 N–H and O–H groups in total. The van der Waals surface area contributed by atoms with Crippen molar-refractivity contribution >= 4 is 22.9 Å². The van der Waals surface area contributed by atoms with Gasteiger partial charge in [-0.15, -0.1) is 0 Å². The van der Waals surface area contributed by atoms with Crippen LogP contribution in [0.3, 0.4) is 0 Å². The van der Waals surface area contributed by atoms with Crippen molar-refractivity contribution in [3.8, 4) is 0 Å². The second-order valence-corrected chi connectivity index (χ2v) is 8.33. The molecule has 4 heteroatoms. The molecule has 2 unspecified atom stereocenters. The molecule has 2 heterocycles. The van der Waals surface area contributed by atoms with E-state index in [1.54, 1.807) is 11.3 Å². The standard InChI is InChI=1S/C17H28N2OS/c1-12(2)13-8-14(18-16(20)17(3,4)5)10-19(9-13)15-6-7-21-11-15/h6-7,11-14H,8-10H2,1-5H3,(H,18,20). The van der Waals surface area contributed by atoms with Crippen LogP contribution in [0.25, 0.3) is 0 Å². The van der Waals surface area contributed by atoms with Gasteiger partial charge in [0.1, 0.15) is 0 Å². The third-order valence-corrected chi connectivity index (χ3v) is 4.98. The van der Waals surface area contributed by atoms with E-state index in [0.717, 1.165) is 19.5 Å². The molecular formula is C17H28N2OS. The second-order valence-electron chi connectivity index (χ2n) is 7.55. The Labute approximate surface area is 132 Å². The number of rotatable bonds is 3. The van der Waals surface area contributed by atoms with Gasteiger partial charge < -0.3 is 10.2 Å². The molecule has 1 aromatic heterocycles. The Morgan fingerprint density at radius 2 is 2.10 bits per heavy atom. The maximum atomic E-state index is 12.3. The van der Waals surface area contributed by atoms with Gasteiger partial charge >= 0.3 is 0 Å². The fourth-order valence-corrected chi connectivity index (χ4v) is 3.44. The lowest BCUT2D eigenvalue weighted by Crippen LogP contribution is -2.53. The fraction of sp³-hybridized carbons (Fsp3) is 0.706. The number of carbonyl (C=O) groups is 1. The largest absolute Gasteiger partial charge is 0.369 e. The normalized spacial score (nSPS) is 23.4. The van der Waals surface area contributed by atoms with Gasteiger partial charge in [-0.05, 0) is 29.7 Å². The van der Waals surface area contributed by atoms with E-state index in [1.807, 2.05) is 20.8 Å². The average molecular weight is 308 g/mol. The molecular weight excluding hydrogens is 280 g/mol. The summed E-state index contributed by atoms with van der Waals surface area (Å²) in [5, 5.41) is 7.58. The van der Waals surface area contributed by atoms with Gasteiger partial charge in [-0.2, -0.15) is 11.3 Å². The Morgan fingerprint density at radius 3 is 2.62 bits per heavy atom. The van der Waals surface area contributed by atoms with Gasteiger partial charge in [0.25, 0.3) is 0 Å². The van der Waals surface area contributed by atoms with Crippen LogP contribution in [0.5, 0.6) is 0 Å². The van der Waals surface area contributed by atoms with Crippen LogP contribution in [0.1, 0.15) is 41.0 Å². The monoisotopic (exact) mass is 308 g/mol. The minimum absolute atomic E-state index is 0.155. The van der Waals surface area contributed by atoms with E-state index in [0.29, 0.717) is 11.8 Å². The zero-order valence-corrected chi connectivity index (χ0v) is 14.7. The number of piperidine rings is 1. The topological polar surface area (TPSA) is 32.3 Å². The van der Waals surface area contributed by atoms with E-state index in [2.05, 4.69) is 40.9 Å². The Balaban J connectivity index is 2.08. The van der Waals surface area contributed by atoms with Gasteiger partial charge in [-0.3, -0.25) is 4.79 Å². The summed E-state index contributed by atoms with van der Waals surface area (Å²) in [7, 11) is 0. The fourth-order valence-electron chi connectivity index (χ4n) is 2.78. The highest BCUT2D eigenvalue weighted by Gasteiger charge is 2.32. The summed E-state index contributed by atoms with van der Waals surface area (Å²) in [5.74, 6) is 1.42. The second kappa shape index (κ2) is 6.39. The molecule has 2 rings (SSSR count). The lowest BCUT2D eigenvalue weighted by molar-refractivity contribution is -0.129. The first-order valence-electron chi connectivity index (χ1n) is 7.85. The molecule has 0 saturated carbocycles. The number of thiophene rings is 1. The van der Waals surface area contributed by atoms with Crippen LogP contribution in [0, 0.1) is 17.3 Å². The number of anilines is 1. The minimum Gasteiger partial charge on any atom is -0.369 e. The predicted octanol–water partition coefficient (Wildman–Crippen LogP) is 3.76. The number of amides is 1. The molecule has 1 saturated heterocycles. The minimum atomic E-state index is -0.321. The van der Waals surface area contributed by atoms with Crippen molar-refractivity contribution in [1.82, 2.24) is 5.32 Å². The van der Waals surface area contributed by atoms with E-state index >= 15 is 0 Å². The van der Waals surface area contributed by atoms with Gasteiger partial charge in [-0.1, -0.05) is 34.6 Å². The Morgan fingerprint density at radius 1 is 1.38 bits per heavy atom. The highest BCUT2D eigenvalue weighted by molar-refractivity contribution is 7.08. The third-order valence-electron chi connectivity index (χ3n) is 4.31. The molecule has 0 spiro atoms. The van der Waals surface area contributed by atoms with Gasteiger partial charge in [-0.25, -0.2) is 0 Å². The quantitative estimate of drug-likeness (QED) is 0.922. The van der Waals surface area contributed by atoms with Crippen molar-refractivity contribution in [2.24, 2.45) is 17.3 Å². The number of hydrogen-bond donors (Lipinski definition) is 1. The molecule has 0 radical (unpaired) electrons. The summed E-state index contributed by atoms with van der Waals surface area (Å²) in [6.07, 6.45) is 1.08. The van der Waals surface area contributed by atoms with Gasteiger partial charge in [0.15, 0.2) is 0 Å². The first kappa shape index (κ1) is 16.3. The number of nitrogens with one attached hydrogen (secondary N) is 1. The third kappa shape index (κ3) is 4.22. The van der Waals surface area contributed by atoms with E-state index in [4.69, 9.17) is 0 Å². The summed E-state index contributed by atoms with van der Waals surface area (Å²) in [4.78, 5) is 14.7. The molecule has 1 aliphatic heterocycles. The summed E-state index contributed by atoms with van der Waals surface area (Å²) in [5.41, 5.74) is 0.971. The zero-order valence-electron chi connectivity index (χ0n) is 13.8. The molecule has 0 bridgehead atoms. The summed E-state index contributed by atoms with van der Waals surface area (Å²) in [6.45, 7) is 12.5. The predicted molar refractivity (Wildman–Crippen MR) is 90.9 cm³/mol. The lowest BCUT2D eigenvalue weighted by Gasteiger charge is -2.41. The van der Waals surface area contributed by atoms with Crippen molar-refractivity contribution in [2.75, 3.05) is 18.0 Å². The van der Waals surface area contributed by atoms with Crippen molar-refractivity contribution in [2.45, 2.75) is 47.1 Å². The lowest BCUT2D eigenvalue weighted by atomic mass is 9.84. The van der Waals surface area contributed by atoms with Crippen LogP contribution in [-0.4, -0.2) is 25.0 Å². The summed E-state index contributed by atoms with van der Waals surface area (Å²) in [6, 6.07) is 2.42. The van der Waals surface area contributed by atoms with Crippen LogP contribution in [0.2, 0.25) is 0 Å². The molecule has 3 nitrogen and oxygen atoms in total. The molecule has 21 heavy (non-hydrogen) atoms. The van der Waals surface area contributed by atoms with Gasteiger partial charge in [0, 0.05) is 35.6 Å². The zero-order chi connectivity index (χ0) is 15.6. The van der Waals surface area contributed by atoms with Crippen LogP contribution in [0.4, 0.5) is 5.69 Å². The summed E-state index contributed by atoms with van der Waals surface area (Å²) < 4.78 is 0. The maximum Gasteiger partial charge on any atom is 0.225 e. The highest BCUT2D eigenvalue weighted by Crippen LogP contribution is 2.29. The number of nitrogens with zero attached hydrogens (tertiary/aromatic N) is 1. The smallest absolute Gasteiger partial charge is 0.225 e. The molecule has 1 fully saturated rings. The van der Waals surface area contributed by atoms with Crippen LogP contribution < -0.4 is 10.2 Å². The first-order chi connectivity index (χ1) is 9.77. The Kier molecular flexibility index (Phi) is 4.97. The van der Waals surface area contributed by atoms with Crippen molar-refractivity contribution in [3.63, 3.8) is 0 Å². The highest BCUT2D eigenvalue weighted by atomic mass is 32.1. The first-order valence-corrected chi connectivity index (χ1v) is 8.79. The van der Waals surface area contributed by atoms with E-state index < -0.39 is 0 Å². The Bertz CT molecular complexity index is 462. The molecule has 0 aliphatic carbocycles. The molecule has 2 atom stereocenters. The molecule has 0 aromatic carbocycles. The Hall–Kier alpha value is -1.03. The number of carbonyl (C=O) groups excluding carboxylic acids is 1. The maximum absolute atomic E-state index is 12.3.